The lowest BCUT2D eigenvalue weighted by Crippen LogP contribution is -1.96. The minimum Gasteiger partial charge on any atom is -0.0843 e. The fourth-order valence-electron chi connectivity index (χ4n) is 1.96. The summed E-state index contributed by atoms with van der Waals surface area (Å²) in [4.78, 5) is 0.304. The lowest BCUT2D eigenvalue weighted by molar-refractivity contribution is 0.945. The molecule has 0 aliphatic heterocycles. The summed E-state index contributed by atoms with van der Waals surface area (Å²) in [6, 6.07) is 14.7. The molecule has 1 unspecified atom stereocenters. The second kappa shape index (κ2) is 5.90. The molecule has 0 fully saturated rings. The molecule has 0 aliphatic rings. The van der Waals surface area contributed by atoms with E-state index >= 15 is 0 Å². The summed E-state index contributed by atoms with van der Waals surface area (Å²) in [7, 11) is 0. The highest BCUT2D eigenvalue weighted by atomic mass is 79.9. The third-order valence-corrected chi connectivity index (χ3v) is 4.28. The van der Waals surface area contributed by atoms with Crippen molar-refractivity contribution in [1.29, 1.82) is 0 Å². The maximum atomic E-state index is 6.02. The Hall–Kier alpha value is -0.790. The number of hydrogen-bond acceptors (Lipinski definition) is 0. The molecule has 0 bridgehead atoms. The molecule has 0 radical (unpaired) electrons. The molecule has 0 N–H and O–H groups in total. The van der Waals surface area contributed by atoms with Gasteiger partial charge in [-0.3, -0.25) is 0 Å². The number of aryl methyl sites for hydroxylation is 2. The number of alkyl halides is 1. The van der Waals surface area contributed by atoms with Crippen molar-refractivity contribution in [3.63, 3.8) is 0 Å². The zero-order valence-corrected chi connectivity index (χ0v) is 12.9. The molecule has 0 saturated carbocycles. The Balaban J connectivity index is 2.16. The molecule has 0 aliphatic carbocycles. The summed E-state index contributed by atoms with van der Waals surface area (Å²) < 4.78 is 0. The molecule has 0 amide bonds. The first-order valence-corrected chi connectivity index (χ1v) is 7.31. The normalized spacial score (nSPS) is 12.4. The Bertz CT molecular complexity index is 549. The number of rotatable bonds is 3. The summed E-state index contributed by atoms with van der Waals surface area (Å²) >= 11 is 9.76. The number of hydrogen-bond donors (Lipinski definition) is 0. The van der Waals surface area contributed by atoms with Crippen molar-refractivity contribution in [2.45, 2.75) is 25.1 Å². The largest absolute Gasteiger partial charge is 0.0843 e. The van der Waals surface area contributed by atoms with Crippen LogP contribution in [0.1, 0.15) is 27.1 Å². The lowest BCUT2D eigenvalue weighted by Gasteiger charge is -2.12. The molecular formula is C16H16BrCl. The van der Waals surface area contributed by atoms with Gasteiger partial charge in [0.25, 0.3) is 0 Å². The first-order valence-electron chi connectivity index (χ1n) is 6.02. The number of benzene rings is 2. The van der Waals surface area contributed by atoms with E-state index in [4.69, 9.17) is 11.6 Å². The second-order valence-corrected chi connectivity index (χ2v) is 6.19. The van der Waals surface area contributed by atoms with Crippen LogP contribution in [0.25, 0.3) is 0 Å². The van der Waals surface area contributed by atoms with E-state index in [0.29, 0.717) is 4.83 Å². The Labute approximate surface area is 122 Å². The van der Waals surface area contributed by atoms with Crippen LogP contribution >= 0.6 is 27.5 Å². The van der Waals surface area contributed by atoms with Gasteiger partial charge in [-0.15, -0.1) is 0 Å². The van der Waals surface area contributed by atoms with E-state index in [9.17, 15) is 0 Å². The molecule has 2 aromatic rings. The molecule has 0 nitrogen and oxygen atoms in total. The predicted molar refractivity (Wildman–Crippen MR) is 82.7 cm³/mol. The zero-order valence-electron chi connectivity index (χ0n) is 10.6. The predicted octanol–water partition coefficient (Wildman–Crippen LogP) is 5.64. The quantitative estimate of drug-likeness (QED) is 0.642. The van der Waals surface area contributed by atoms with Gasteiger partial charge in [-0.1, -0.05) is 57.9 Å². The molecule has 2 aromatic carbocycles. The minimum atomic E-state index is 0.304. The molecule has 0 spiro atoms. The van der Waals surface area contributed by atoms with Crippen molar-refractivity contribution in [3.05, 3.63) is 69.7 Å². The average molecular weight is 324 g/mol. The van der Waals surface area contributed by atoms with Crippen LogP contribution in [-0.4, -0.2) is 0 Å². The average Bonchev–Trinajstić information content (AvgIpc) is 2.34. The third-order valence-electron chi connectivity index (χ3n) is 3.20. The minimum absolute atomic E-state index is 0.304. The number of halogens is 2. The van der Waals surface area contributed by atoms with Gasteiger partial charge in [-0.25, -0.2) is 0 Å². The third kappa shape index (κ3) is 3.37. The van der Waals surface area contributed by atoms with Gasteiger partial charge < -0.3 is 0 Å². The summed E-state index contributed by atoms with van der Waals surface area (Å²) in [5, 5.41) is 0.789. The van der Waals surface area contributed by atoms with Crippen LogP contribution in [0.2, 0.25) is 5.02 Å². The van der Waals surface area contributed by atoms with E-state index in [1.54, 1.807) is 0 Å². The van der Waals surface area contributed by atoms with Crippen molar-refractivity contribution in [1.82, 2.24) is 0 Å². The highest BCUT2D eigenvalue weighted by Crippen LogP contribution is 2.29. The van der Waals surface area contributed by atoms with Crippen LogP contribution in [0.15, 0.2) is 42.5 Å². The van der Waals surface area contributed by atoms with Crippen molar-refractivity contribution in [2.75, 3.05) is 0 Å². The SMILES string of the molecule is Cc1ccc(CC(Br)c2cccc(Cl)c2)cc1C. The molecule has 2 rings (SSSR count). The smallest absolute Gasteiger partial charge is 0.0436 e. The summed E-state index contributed by atoms with van der Waals surface area (Å²) in [6.07, 6.45) is 0.974. The van der Waals surface area contributed by atoms with Crippen LogP contribution in [0.3, 0.4) is 0 Å². The molecule has 0 saturated heterocycles. The van der Waals surface area contributed by atoms with Crippen molar-refractivity contribution >= 4 is 27.5 Å². The Morgan fingerprint density at radius 2 is 1.83 bits per heavy atom. The lowest BCUT2D eigenvalue weighted by atomic mass is 10.0. The molecule has 94 valence electrons. The fourth-order valence-corrected chi connectivity index (χ4v) is 2.81. The maximum Gasteiger partial charge on any atom is 0.0436 e. The Morgan fingerprint density at radius 3 is 2.50 bits per heavy atom. The van der Waals surface area contributed by atoms with Crippen LogP contribution in [0.4, 0.5) is 0 Å². The van der Waals surface area contributed by atoms with E-state index in [0.717, 1.165) is 11.4 Å². The fraction of sp³-hybridized carbons (Fsp3) is 0.250. The van der Waals surface area contributed by atoms with Crippen LogP contribution < -0.4 is 0 Å². The Morgan fingerprint density at radius 1 is 1.06 bits per heavy atom. The van der Waals surface area contributed by atoms with Gasteiger partial charge in [0.15, 0.2) is 0 Å². The van der Waals surface area contributed by atoms with E-state index in [1.807, 2.05) is 18.2 Å². The summed E-state index contributed by atoms with van der Waals surface area (Å²) in [6.45, 7) is 4.29. The Kier molecular flexibility index (Phi) is 4.47. The standard InChI is InChI=1S/C16H16BrCl/c1-11-6-7-13(8-12(11)2)9-16(17)14-4-3-5-15(18)10-14/h3-8,10,16H,9H2,1-2H3. The van der Waals surface area contributed by atoms with Crippen LogP contribution in [-0.2, 0) is 6.42 Å². The highest BCUT2D eigenvalue weighted by Gasteiger charge is 2.09. The van der Waals surface area contributed by atoms with Gasteiger partial charge in [0.05, 0.1) is 0 Å². The summed E-state index contributed by atoms with van der Waals surface area (Å²) in [5.74, 6) is 0. The zero-order chi connectivity index (χ0) is 13.1. The first kappa shape index (κ1) is 13.6. The van der Waals surface area contributed by atoms with Gasteiger partial charge in [0, 0.05) is 9.85 Å². The molecule has 18 heavy (non-hydrogen) atoms. The van der Waals surface area contributed by atoms with E-state index in [2.05, 4.69) is 54.0 Å². The first-order chi connectivity index (χ1) is 8.56. The van der Waals surface area contributed by atoms with Gasteiger partial charge in [0.1, 0.15) is 0 Å². The van der Waals surface area contributed by atoms with Gasteiger partial charge in [-0.2, -0.15) is 0 Å². The molecular weight excluding hydrogens is 308 g/mol. The van der Waals surface area contributed by atoms with Gasteiger partial charge in [-0.05, 0) is 54.7 Å². The van der Waals surface area contributed by atoms with Gasteiger partial charge in [0.2, 0.25) is 0 Å². The topological polar surface area (TPSA) is 0 Å². The van der Waals surface area contributed by atoms with Crippen molar-refractivity contribution < 1.29 is 0 Å². The molecule has 2 heteroatoms. The highest BCUT2D eigenvalue weighted by molar-refractivity contribution is 9.09. The molecule has 0 heterocycles. The van der Waals surface area contributed by atoms with E-state index in [1.165, 1.54) is 22.3 Å². The van der Waals surface area contributed by atoms with Crippen LogP contribution in [0.5, 0.6) is 0 Å². The van der Waals surface area contributed by atoms with Crippen molar-refractivity contribution in [3.8, 4) is 0 Å². The van der Waals surface area contributed by atoms with Gasteiger partial charge >= 0.3 is 0 Å². The molecule has 1 atom stereocenters. The van der Waals surface area contributed by atoms with Crippen molar-refractivity contribution in [2.24, 2.45) is 0 Å². The molecule has 0 aromatic heterocycles. The monoisotopic (exact) mass is 322 g/mol. The van der Waals surface area contributed by atoms with Crippen LogP contribution in [0, 0.1) is 13.8 Å². The second-order valence-electron chi connectivity index (χ2n) is 4.65. The van der Waals surface area contributed by atoms with E-state index < -0.39 is 0 Å². The maximum absolute atomic E-state index is 6.02. The summed E-state index contributed by atoms with van der Waals surface area (Å²) in [5.41, 5.74) is 5.26. The van der Waals surface area contributed by atoms with E-state index in [-0.39, 0.29) is 0 Å².